The third kappa shape index (κ3) is 4.39. The lowest BCUT2D eigenvalue weighted by Crippen LogP contribution is -2.29. The molecule has 150 valence electrons. The van der Waals surface area contributed by atoms with Crippen LogP contribution in [0.15, 0.2) is 54.7 Å². The van der Waals surface area contributed by atoms with Crippen molar-refractivity contribution in [2.24, 2.45) is 5.73 Å². The second-order valence-corrected chi connectivity index (χ2v) is 8.03. The summed E-state index contributed by atoms with van der Waals surface area (Å²) in [6.45, 7) is 3.21. The van der Waals surface area contributed by atoms with Gasteiger partial charge in [-0.1, -0.05) is 48.0 Å². The number of carbonyl (C=O) groups is 1. The van der Waals surface area contributed by atoms with Gasteiger partial charge >= 0.3 is 0 Å². The second-order valence-electron chi connectivity index (χ2n) is 7.63. The number of fused-ring (bicyclic) bond motifs is 1. The molecule has 0 unspecified atom stereocenters. The molecule has 0 saturated heterocycles. The van der Waals surface area contributed by atoms with Gasteiger partial charge in [0.15, 0.2) is 0 Å². The predicted molar refractivity (Wildman–Crippen MR) is 120 cm³/mol. The van der Waals surface area contributed by atoms with E-state index in [2.05, 4.69) is 46.3 Å². The van der Waals surface area contributed by atoms with Gasteiger partial charge in [0, 0.05) is 30.2 Å². The van der Waals surface area contributed by atoms with Crippen LogP contribution in [0.5, 0.6) is 0 Å². The molecule has 0 saturated carbocycles. The van der Waals surface area contributed by atoms with E-state index in [1.807, 2.05) is 6.20 Å². The molecule has 0 fully saturated rings. The number of nitrogens with two attached hydrogens (primary N) is 1. The molecule has 1 aliphatic rings. The zero-order valence-electron chi connectivity index (χ0n) is 16.5. The zero-order chi connectivity index (χ0) is 20.2. The van der Waals surface area contributed by atoms with Crippen molar-refractivity contribution in [2.45, 2.75) is 25.7 Å². The minimum absolute atomic E-state index is 0.415. The highest BCUT2D eigenvalue weighted by atomic mass is 35.5. The molecule has 2 aromatic carbocycles. The van der Waals surface area contributed by atoms with E-state index in [0.717, 1.165) is 61.8 Å². The quantitative estimate of drug-likeness (QED) is 0.539. The van der Waals surface area contributed by atoms with E-state index in [9.17, 15) is 4.79 Å². The number of nitrogens with one attached hydrogen (secondary N) is 1. The molecule has 1 amide bonds. The zero-order valence-corrected chi connectivity index (χ0v) is 17.2. The summed E-state index contributed by atoms with van der Waals surface area (Å²) in [5, 5.41) is 1.49. The Balaban J connectivity index is 1.32. The largest absolute Gasteiger partial charge is 0.366 e. The number of carbonyl (C=O) groups excluding carboxylic acids is 1. The van der Waals surface area contributed by atoms with Crippen molar-refractivity contribution < 1.29 is 4.79 Å². The minimum atomic E-state index is -0.415. The van der Waals surface area contributed by atoms with Crippen molar-refractivity contribution in [1.82, 2.24) is 9.88 Å². The van der Waals surface area contributed by atoms with Crippen LogP contribution in [0.1, 0.15) is 40.7 Å². The molecule has 3 aromatic rings. The van der Waals surface area contributed by atoms with Crippen molar-refractivity contribution in [2.75, 3.05) is 19.6 Å². The first-order valence-corrected chi connectivity index (χ1v) is 10.6. The molecular weight excluding hydrogens is 382 g/mol. The Morgan fingerprint density at radius 3 is 2.69 bits per heavy atom. The predicted octanol–water partition coefficient (Wildman–Crippen LogP) is 5.03. The number of hydrogen-bond acceptors (Lipinski definition) is 2. The summed E-state index contributed by atoms with van der Waals surface area (Å²) < 4.78 is 0. The average molecular weight is 408 g/mol. The highest BCUT2D eigenvalue weighted by Crippen LogP contribution is 2.30. The Hall–Kier alpha value is -2.56. The Morgan fingerprint density at radius 2 is 1.97 bits per heavy atom. The van der Waals surface area contributed by atoms with Crippen LogP contribution in [0.25, 0.3) is 16.5 Å². The number of nitrogens with zero attached hydrogens (tertiary/aromatic N) is 1. The summed E-state index contributed by atoms with van der Waals surface area (Å²) in [6.07, 6.45) is 8.50. The number of benzene rings is 2. The van der Waals surface area contributed by atoms with Crippen molar-refractivity contribution >= 4 is 34.0 Å². The molecule has 1 aliphatic heterocycles. The lowest BCUT2D eigenvalue weighted by molar-refractivity contribution is 0.100. The van der Waals surface area contributed by atoms with E-state index in [1.165, 1.54) is 11.1 Å². The van der Waals surface area contributed by atoms with Gasteiger partial charge in [0.2, 0.25) is 5.91 Å². The third-order valence-electron chi connectivity index (χ3n) is 5.74. The van der Waals surface area contributed by atoms with E-state index in [4.69, 9.17) is 17.3 Å². The molecule has 2 heterocycles. The topological polar surface area (TPSA) is 62.1 Å². The molecule has 4 rings (SSSR count). The molecule has 0 radical (unpaired) electrons. The van der Waals surface area contributed by atoms with Crippen LogP contribution in [0.3, 0.4) is 0 Å². The lowest BCUT2D eigenvalue weighted by Gasteiger charge is -2.26. The fourth-order valence-electron chi connectivity index (χ4n) is 4.17. The Bertz CT molecular complexity index is 1040. The van der Waals surface area contributed by atoms with E-state index in [1.54, 1.807) is 12.1 Å². The van der Waals surface area contributed by atoms with Crippen LogP contribution >= 0.6 is 11.6 Å². The number of H-pyrrole nitrogens is 1. The Labute approximate surface area is 176 Å². The number of amides is 1. The van der Waals surface area contributed by atoms with Gasteiger partial charge in [0.1, 0.15) is 0 Å². The number of aromatic nitrogens is 1. The van der Waals surface area contributed by atoms with Crippen molar-refractivity contribution in [3.05, 3.63) is 76.5 Å². The summed E-state index contributed by atoms with van der Waals surface area (Å²) in [4.78, 5) is 17.5. The second kappa shape index (κ2) is 8.85. The highest BCUT2D eigenvalue weighted by molar-refractivity contribution is 6.35. The molecule has 4 nitrogen and oxygen atoms in total. The fourth-order valence-corrected chi connectivity index (χ4v) is 4.38. The van der Waals surface area contributed by atoms with Gasteiger partial charge in [-0.05, 0) is 61.1 Å². The first-order chi connectivity index (χ1) is 14.1. The molecule has 0 spiro atoms. The number of hydrogen-bond donors (Lipinski definition) is 2. The molecule has 0 bridgehead atoms. The van der Waals surface area contributed by atoms with Crippen LogP contribution in [0.4, 0.5) is 0 Å². The molecule has 0 atom stereocenters. The maximum atomic E-state index is 11.8. The smallest absolute Gasteiger partial charge is 0.249 e. The van der Waals surface area contributed by atoms with Crippen molar-refractivity contribution in [3.63, 3.8) is 0 Å². The van der Waals surface area contributed by atoms with Gasteiger partial charge < -0.3 is 10.7 Å². The summed E-state index contributed by atoms with van der Waals surface area (Å²) in [5.74, 6) is -0.415. The SMILES string of the molecule is NC(=O)c1ccc(Cl)c2[nH]cc(CCCCN3CC=C(c4ccccc4)CC3)c12. The van der Waals surface area contributed by atoms with E-state index in [0.29, 0.717) is 10.6 Å². The average Bonchev–Trinajstić information content (AvgIpc) is 3.17. The van der Waals surface area contributed by atoms with E-state index >= 15 is 0 Å². The number of rotatable bonds is 7. The van der Waals surface area contributed by atoms with Gasteiger partial charge in [-0.15, -0.1) is 0 Å². The summed E-state index contributed by atoms with van der Waals surface area (Å²) in [5.41, 5.74) is 10.8. The van der Waals surface area contributed by atoms with Crippen molar-refractivity contribution in [1.29, 1.82) is 0 Å². The maximum Gasteiger partial charge on any atom is 0.249 e. The van der Waals surface area contributed by atoms with Crippen LogP contribution in [-0.2, 0) is 6.42 Å². The minimum Gasteiger partial charge on any atom is -0.366 e. The normalized spacial score (nSPS) is 14.9. The van der Waals surface area contributed by atoms with Gasteiger partial charge in [0.05, 0.1) is 10.5 Å². The lowest BCUT2D eigenvalue weighted by atomic mass is 9.99. The van der Waals surface area contributed by atoms with Gasteiger partial charge in [0.25, 0.3) is 0 Å². The summed E-state index contributed by atoms with van der Waals surface area (Å²) in [6, 6.07) is 14.1. The monoisotopic (exact) mass is 407 g/mol. The number of primary amides is 1. The number of aromatic amines is 1. The van der Waals surface area contributed by atoms with Crippen molar-refractivity contribution in [3.8, 4) is 0 Å². The first kappa shape index (κ1) is 19.7. The summed E-state index contributed by atoms with van der Waals surface area (Å²) >= 11 is 6.27. The van der Waals surface area contributed by atoms with Gasteiger partial charge in [-0.3, -0.25) is 9.69 Å². The molecule has 29 heavy (non-hydrogen) atoms. The van der Waals surface area contributed by atoms with Crippen LogP contribution in [0.2, 0.25) is 5.02 Å². The van der Waals surface area contributed by atoms with E-state index < -0.39 is 5.91 Å². The van der Waals surface area contributed by atoms with Crippen LogP contribution in [-0.4, -0.2) is 35.4 Å². The number of halogens is 1. The third-order valence-corrected chi connectivity index (χ3v) is 6.06. The van der Waals surface area contributed by atoms with Gasteiger partial charge in [-0.25, -0.2) is 0 Å². The number of aryl methyl sites for hydroxylation is 1. The maximum absolute atomic E-state index is 11.8. The standard InChI is InChI=1S/C24H26ClN3O/c25-21-10-9-20(24(26)29)22-19(16-27-23(21)22)8-4-5-13-28-14-11-18(12-15-28)17-6-2-1-3-7-17/h1-3,6-7,9-11,16,27H,4-5,8,12-15H2,(H2,26,29). The summed E-state index contributed by atoms with van der Waals surface area (Å²) in [7, 11) is 0. The molecular formula is C24H26ClN3O. The van der Waals surface area contributed by atoms with Gasteiger partial charge in [-0.2, -0.15) is 0 Å². The molecule has 1 aromatic heterocycles. The number of unbranched alkanes of at least 4 members (excludes halogenated alkanes) is 1. The highest BCUT2D eigenvalue weighted by Gasteiger charge is 2.15. The van der Waals surface area contributed by atoms with E-state index in [-0.39, 0.29) is 0 Å². The van der Waals surface area contributed by atoms with Crippen LogP contribution < -0.4 is 5.73 Å². The fraction of sp³-hybridized carbons (Fsp3) is 0.292. The molecule has 5 heteroatoms. The molecule has 0 aliphatic carbocycles. The molecule has 3 N–H and O–H groups in total. The Kier molecular flexibility index (Phi) is 6.02. The van der Waals surface area contributed by atoms with Crippen LogP contribution in [0, 0.1) is 0 Å². The first-order valence-electron chi connectivity index (χ1n) is 10.2. The Morgan fingerprint density at radius 1 is 1.14 bits per heavy atom.